The van der Waals surface area contributed by atoms with Crippen molar-refractivity contribution in [2.24, 2.45) is 0 Å². The zero-order valence-electron chi connectivity index (χ0n) is 10.0. The summed E-state index contributed by atoms with van der Waals surface area (Å²) in [5.74, 6) is 0. The zero-order chi connectivity index (χ0) is 11.4. The molecule has 90 valence electrons. The van der Waals surface area contributed by atoms with Gasteiger partial charge < -0.3 is 9.64 Å². The second-order valence-corrected chi connectivity index (χ2v) is 5.05. The molecule has 2 atom stereocenters. The molecule has 0 radical (unpaired) electrons. The van der Waals surface area contributed by atoms with Crippen LogP contribution in [0.1, 0.15) is 25.7 Å². The van der Waals surface area contributed by atoms with Crippen LogP contribution in [0.2, 0.25) is 0 Å². The van der Waals surface area contributed by atoms with Crippen molar-refractivity contribution in [2.75, 3.05) is 33.3 Å². The van der Waals surface area contributed by atoms with Gasteiger partial charge in [0.1, 0.15) is 5.54 Å². The van der Waals surface area contributed by atoms with E-state index in [4.69, 9.17) is 4.74 Å². The number of hydrogen-bond acceptors (Lipinski definition) is 4. The molecule has 0 bridgehead atoms. The molecule has 2 fully saturated rings. The van der Waals surface area contributed by atoms with Crippen molar-refractivity contribution >= 4 is 0 Å². The fourth-order valence-corrected chi connectivity index (χ4v) is 2.66. The summed E-state index contributed by atoms with van der Waals surface area (Å²) in [6.45, 7) is 3.63. The maximum absolute atomic E-state index is 9.35. The van der Waals surface area contributed by atoms with Gasteiger partial charge in [0.25, 0.3) is 0 Å². The second kappa shape index (κ2) is 5.13. The van der Waals surface area contributed by atoms with Crippen molar-refractivity contribution in [1.29, 1.82) is 5.26 Å². The van der Waals surface area contributed by atoms with Crippen molar-refractivity contribution in [3.8, 4) is 6.07 Å². The van der Waals surface area contributed by atoms with E-state index in [-0.39, 0.29) is 5.54 Å². The molecule has 0 amide bonds. The fraction of sp³-hybridized carbons (Fsp3) is 0.917. The van der Waals surface area contributed by atoms with Crippen LogP contribution < -0.4 is 5.32 Å². The van der Waals surface area contributed by atoms with Gasteiger partial charge in [-0.05, 0) is 39.3 Å². The Kier molecular flexibility index (Phi) is 3.80. The summed E-state index contributed by atoms with van der Waals surface area (Å²) >= 11 is 0. The molecule has 0 aromatic heterocycles. The minimum absolute atomic E-state index is 0.317. The largest absolute Gasteiger partial charge is 0.377 e. The van der Waals surface area contributed by atoms with E-state index in [0.717, 1.165) is 51.9 Å². The van der Waals surface area contributed by atoms with E-state index >= 15 is 0 Å². The Labute approximate surface area is 97.6 Å². The molecule has 2 aliphatic rings. The third kappa shape index (κ3) is 2.73. The lowest BCUT2D eigenvalue weighted by molar-refractivity contribution is 0.0949. The van der Waals surface area contributed by atoms with Crippen molar-refractivity contribution in [3.63, 3.8) is 0 Å². The Morgan fingerprint density at radius 1 is 1.56 bits per heavy atom. The van der Waals surface area contributed by atoms with Crippen LogP contribution in [0, 0.1) is 11.3 Å². The molecule has 2 unspecified atom stereocenters. The van der Waals surface area contributed by atoms with Crippen LogP contribution in [0.4, 0.5) is 0 Å². The number of piperidine rings is 1. The summed E-state index contributed by atoms with van der Waals surface area (Å²) in [6, 6.07) is 2.46. The van der Waals surface area contributed by atoms with Crippen LogP contribution >= 0.6 is 0 Å². The highest BCUT2D eigenvalue weighted by Gasteiger charge is 2.34. The lowest BCUT2D eigenvalue weighted by Gasteiger charge is -2.37. The minimum atomic E-state index is -0.348. The quantitative estimate of drug-likeness (QED) is 0.767. The Morgan fingerprint density at radius 2 is 2.44 bits per heavy atom. The number of hydrogen-bond donors (Lipinski definition) is 1. The number of nitrogens with one attached hydrogen (secondary N) is 1. The molecule has 2 heterocycles. The molecule has 2 aliphatic heterocycles. The van der Waals surface area contributed by atoms with E-state index in [9.17, 15) is 5.26 Å². The highest BCUT2D eigenvalue weighted by Crippen LogP contribution is 2.20. The number of likely N-dealkylation sites (tertiary alicyclic amines) is 1. The van der Waals surface area contributed by atoms with Gasteiger partial charge in [0, 0.05) is 19.7 Å². The average molecular weight is 223 g/mol. The van der Waals surface area contributed by atoms with E-state index < -0.39 is 0 Å². The van der Waals surface area contributed by atoms with Crippen LogP contribution in [0.5, 0.6) is 0 Å². The average Bonchev–Trinajstić information content (AvgIpc) is 2.79. The predicted molar refractivity (Wildman–Crippen MR) is 62.1 cm³/mol. The number of rotatable bonds is 3. The molecule has 16 heavy (non-hydrogen) atoms. The number of likely N-dealkylation sites (N-methyl/N-ethyl adjacent to an activating group) is 1. The molecule has 0 aromatic carbocycles. The lowest BCUT2D eigenvalue weighted by Crippen LogP contribution is -2.56. The van der Waals surface area contributed by atoms with Crippen LogP contribution in [0.3, 0.4) is 0 Å². The normalized spacial score (nSPS) is 36.1. The first-order valence-corrected chi connectivity index (χ1v) is 6.20. The number of nitriles is 1. The molecule has 0 spiro atoms. The van der Waals surface area contributed by atoms with Crippen molar-refractivity contribution in [1.82, 2.24) is 10.2 Å². The summed E-state index contributed by atoms with van der Waals surface area (Å²) in [5, 5.41) is 12.8. The van der Waals surface area contributed by atoms with Crippen LogP contribution in [0.15, 0.2) is 0 Å². The summed E-state index contributed by atoms with van der Waals surface area (Å²) in [4.78, 5) is 2.23. The van der Waals surface area contributed by atoms with Crippen LogP contribution in [-0.4, -0.2) is 49.8 Å². The third-order valence-electron chi connectivity index (χ3n) is 3.59. The molecule has 4 heteroatoms. The lowest BCUT2D eigenvalue weighted by atomic mass is 9.90. The summed E-state index contributed by atoms with van der Waals surface area (Å²) in [6.07, 6.45) is 4.66. The Balaban J connectivity index is 1.86. The SMILES string of the molecule is CN1CCCC(C#N)(NCC2CCCO2)C1. The first kappa shape index (κ1) is 11.8. The summed E-state index contributed by atoms with van der Waals surface area (Å²) in [7, 11) is 2.08. The van der Waals surface area contributed by atoms with Crippen molar-refractivity contribution in [3.05, 3.63) is 0 Å². The standard InChI is InChI=1S/C12H21N3O/c1-15-6-3-5-12(9-13,10-15)14-8-11-4-2-7-16-11/h11,14H,2-8,10H2,1H3. The first-order chi connectivity index (χ1) is 7.74. The first-order valence-electron chi connectivity index (χ1n) is 6.20. The van der Waals surface area contributed by atoms with Gasteiger partial charge in [-0.15, -0.1) is 0 Å². The zero-order valence-corrected chi connectivity index (χ0v) is 10.0. The van der Waals surface area contributed by atoms with Gasteiger partial charge in [-0.3, -0.25) is 5.32 Å². The van der Waals surface area contributed by atoms with Crippen molar-refractivity contribution < 1.29 is 4.74 Å². The van der Waals surface area contributed by atoms with Gasteiger partial charge in [0.15, 0.2) is 0 Å². The van der Waals surface area contributed by atoms with E-state index in [1.165, 1.54) is 0 Å². The Hall–Kier alpha value is -0.630. The maximum Gasteiger partial charge on any atom is 0.119 e. The van der Waals surface area contributed by atoms with E-state index in [1.54, 1.807) is 0 Å². The molecule has 2 rings (SSSR count). The molecule has 4 nitrogen and oxygen atoms in total. The Bertz CT molecular complexity index is 270. The van der Waals surface area contributed by atoms with Gasteiger partial charge in [-0.1, -0.05) is 0 Å². The Morgan fingerprint density at radius 3 is 3.06 bits per heavy atom. The van der Waals surface area contributed by atoms with Crippen LogP contribution in [-0.2, 0) is 4.74 Å². The van der Waals surface area contributed by atoms with Crippen molar-refractivity contribution in [2.45, 2.75) is 37.3 Å². The van der Waals surface area contributed by atoms with E-state index in [0.29, 0.717) is 6.10 Å². The maximum atomic E-state index is 9.35. The van der Waals surface area contributed by atoms with E-state index in [2.05, 4.69) is 23.3 Å². The van der Waals surface area contributed by atoms with Gasteiger partial charge in [0.2, 0.25) is 0 Å². The second-order valence-electron chi connectivity index (χ2n) is 5.05. The molecule has 0 aromatic rings. The topological polar surface area (TPSA) is 48.3 Å². The summed E-state index contributed by atoms with van der Waals surface area (Å²) in [5.41, 5.74) is -0.348. The molecule has 0 saturated carbocycles. The van der Waals surface area contributed by atoms with Gasteiger partial charge >= 0.3 is 0 Å². The highest BCUT2D eigenvalue weighted by atomic mass is 16.5. The van der Waals surface area contributed by atoms with Gasteiger partial charge in [0.05, 0.1) is 12.2 Å². The molecule has 2 saturated heterocycles. The number of nitrogens with zero attached hydrogens (tertiary/aromatic N) is 2. The molecular weight excluding hydrogens is 202 g/mol. The molecule has 1 N–H and O–H groups in total. The third-order valence-corrected chi connectivity index (χ3v) is 3.59. The minimum Gasteiger partial charge on any atom is -0.377 e. The van der Waals surface area contributed by atoms with Gasteiger partial charge in [-0.2, -0.15) is 5.26 Å². The summed E-state index contributed by atoms with van der Waals surface area (Å²) < 4.78 is 5.57. The van der Waals surface area contributed by atoms with E-state index in [1.807, 2.05) is 0 Å². The van der Waals surface area contributed by atoms with Gasteiger partial charge in [-0.25, -0.2) is 0 Å². The smallest absolute Gasteiger partial charge is 0.119 e. The highest BCUT2D eigenvalue weighted by molar-refractivity contribution is 5.10. The molecule has 0 aliphatic carbocycles. The molecular formula is C12H21N3O. The predicted octanol–water partition coefficient (Wildman–Crippen LogP) is 0.743. The fourth-order valence-electron chi connectivity index (χ4n) is 2.66. The van der Waals surface area contributed by atoms with Crippen LogP contribution in [0.25, 0.3) is 0 Å². The number of ether oxygens (including phenoxy) is 1. The monoisotopic (exact) mass is 223 g/mol.